The summed E-state index contributed by atoms with van der Waals surface area (Å²) in [6, 6.07) is 1.57. The average Bonchev–Trinajstić information content (AvgIpc) is 2.66. The van der Waals surface area contributed by atoms with Gasteiger partial charge >= 0.3 is 5.97 Å². The van der Waals surface area contributed by atoms with Crippen molar-refractivity contribution in [2.24, 2.45) is 0 Å². The van der Waals surface area contributed by atoms with Crippen LogP contribution in [0, 0.1) is 0 Å². The number of carboxylic acids is 1. The lowest BCUT2D eigenvalue weighted by atomic mass is 10.3. The van der Waals surface area contributed by atoms with Crippen LogP contribution in [0.4, 0.5) is 0 Å². The molecule has 100 valence electrons. The van der Waals surface area contributed by atoms with Gasteiger partial charge in [0, 0.05) is 19.3 Å². The van der Waals surface area contributed by atoms with Gasteiger partial charge in [-0.2, -0.15) is 0 Å². The van der Waals surface area contributed by atoms with Gasteiger partial charge in [0.2, 0.25) is 0 Å². The second-order valence-corrected chi connectivity index (χ2v) is 4.39. The largest absolute Gasteiger partial charge is 0.480 e. The first-order chi connectivity index (χ1) is 8.49. The van der Waals surface area contributed by atoms with Crippen LogP contribution in [0.2, 0.25) is 5.02 Å². The standard InChI is InChI=1S/C12H17ClN2O3/c1-3-5-15-7-9(13)6-10(15)12(18)14(4-2)8-11(16)17/h6-7H,3-5,8H2,1-2H3,(H,16,17). The van der Waals surface area contributed by atoms with Gasteiger partial charge in [-0.15, -0.1) is 0 Å². The molecule has 0 aliphatic rings. The number of rotatable bonds is 6. The molecule has 0 bridgehead atoms. The van der Waals surface area contributed by atoms with Gasteiger partial charge in [-0.05, 0) is 19.4 Å². The van der Waals surface area contributed by atoms with E-state index in [-0.39, 0.29) is 12.5 Å². The number of carbonyl (C=O) groups excluding carboxylic acids is 1. The van der Waals surface area contributed by atoms with Crippen molar-refractivity contribution in [2.75, 3.05) is 13.1 Å². The Morgan fingerprint density at radius 2 is 2.11 bits per heavy atom. The van der Waals surface area contributed by atoms with E-state index < -0.39 is 5.97 Å². The molecule has 0 unspecified atom stereocenters. The van der Waals surface area contributed by atoms with Crippen LogP contribution in [0.15, 0.2) is 12.3 Å². The van der Waals surface area contributed by atoms with Gasteiger partial charge in [-0.25, -0.2) is 0 Å². The minimum absolute atomic E-state index is 0.301. The maximum absolute atomic E-state index is 12.2. The van der Waals surface area contributed by atoms with Crippen LogP contribution in [0.3, 0.4) is 0 Å². The van der Waals surface area contributed by atoms with Crippen LogP contribution >= 0.6 is 11.6 Å². The first kappa shape index (κ1) is 14.6. The highest BCUT2D eigenvalue weighted by molar-refractivity contribution is 6.31. The minimum atomic E-state index is -1.02. The van der Waals surface area contributed by atoms with Crippen molar-refractivity contribution in [3.8, 4) is 0 Å². The number of hydrogen-bond acceptors (Lipinski definition) is 2. The Bertz CT molecular complexity index is 443. The van der Waals surface area contributed by atoms with Crippen molar-refractivity contribution in [3.63, 3.8) is 0 Å². The second kappa shape index (κ2) is 6.44. The molecule has 0 fully saturated rings. The molecule has 0 radical (unpaired) electrons. The molecule has 0 spiro atoms. The van der Waals surface area contributed by atoms with E-state index in [1.54, 1.807) is 23.8 Å². The summed E-state index contributed by atoms with van der Waals surface area (Å²) < 4.78 is 1.76. The summed E-state index contributed by atoms with van der Waals surface area (Å²) in [5.74, 6) is -1.33. The van der Waals surface area contributed by atoms with Gasteiger partial charge in [-0.3, -0.25) is 9.59 Å². The molecular weight excluding hydrogens is 256 g/mol. The smallest absolute Gasteiger partial charge is 0.323 e. The Balaban J connectivity index is 2.96. The van der Waals surface area contributed by atoms with Gasteiger partial charge in [0.1, 0.15) is 12.2 Å². The number of hydrogen-bond donors (Lipinski definition) is 1. The summed E-state index contributed by atoms with van der Waals surface area (Å²) in [5.41, 5.74) is 0.435. The van der Waals surface area contributed by atoms with E-state index in [0.717, 1.165) is 6.42 Å². The highest BCUT2D eigenvalue weighted by atomic mass is 35.5. The van der Waals surface area contributed by atoms with Crippen LogP contribution in [-0.4, -0.2) is 39.5 Å². The summed E-state index contributed by atoms with van der Waals surface area (Å²) >= 11 is 5.89. The van der Waals surface area contributed by atoms with E-state index in [4.69, 9.17) is 16.7 Å². The van der Waals surface area contributed by atoms with Gasteiger partial charge < -0.3 is 14.6 Å². The summed E-state index contributed by atoms with van der Waals surface area (Å²) in [6.07, 6.45) is 2.56. The zero-order valence-corrected chi connectivity index (χ0v) is 11.3. The van der Waals surface area contributed by atoms with Gasteiger partial charge in [0.25, 0.3) is 5.91 Å². The molecule has 6 heteroatoms. The third kappa shape index (κ3) is 3.50. The summed E-state index contributed by atoms with van der Waals surface area (Å²) in [4.78, 5) is 24.2. The lowest BCUT2D eigenvalue weighted by molar-refractivity contribution is -0.137. The summed E-state index contributed by atoms with van der Waals surface area (Å²) in [6.45, 7) is 4.47. The van der Waals surface area contributed by atoms with Crippen molar-refractivity contribution in [1.29, 1.82) is 0 Å². The van der Waals surface area contributed by atoms with Crippen LogP contribution in [0.5, 0.6) is 0 Å². The zero-order valence-electron chi connectivity index (χ0n) is 10.5. The van der Waals surface area contributed by atoms with Gasteiger partial charge in [0.05, 0.1) is 5.02 Å². The fourth-order valence-electron chi connectivity index (χ4n) is 1.73. The zero-order chi connectivity index (χ0) is 13.7. The molecule has 1 rings (SSSR count). The molecule has 1 N–H and O–H groups in total. The number of aliphatic carboxylic acids is 1. The number of nitrogens with zero attached hydrogens (tertiary/aromatic N) is 2. The van der Waals surface area contributed by atoms with Gasteiger partial charge in [-0.1, -0.05) is 18.5 Å². The molecule has 5 nitrogen and oxygen atoms in total. The number of aromatic nitrogens is 1. The third-order valence-corrected chi connectivity index (χ3v) is 2.75. The number of carboxylic acid groups (broad SMARTS) is 1. The van der Waals surface area contributed by atoms with Crippen LogP contribution in [0.25, 0.3) is 0 Å². The number of likely N-dealkylation sites (N-methyl/N-ethyl adjacent to an activating group) is 1. The quantitative estimate of drug-likeness (QED) is 0.863. The minimum Gasteiger partial charge on any atom is -0.480 e. The second-order valence-electron chi connectivity index (χ2n) is 3.95. The van der Waals surface area contributed by atoms with Crippen molar-refractivity contribution < 1.29 is 14.7 Å². The molecular formula is C12H17ClN2O3. The highest BCUT2D eigenvalue weighted by Crippen LogP contribution is 2.16. The topological polar surface area (TPSA) is 62.5 Å². The fraction of sp³-hybridized carbons (Fsp3) is 0.500. The van der Waals surface area contributed by atoms with E-state index in [1.807, 2.05) is 6.92 Å². The Labute approximate surface area is 111 Å². The normalized spacial score (nSPS) is 10.4. The Morgan fingerprint density at radius 3 is 2.61 bits per heavy atom. The van der Waals surface area contributed by atoms with Crippen LogP contribution in [0.1, 0.15) is 30.8 Å². The van der Waals surface area contributed by atoms with Crippen LogP contribution in [-0.2, 0) is 11.3 Å². The first-order valence-electron chi connectivity index (χ1n) is 5.86. The maximum atomic E-state index is 12.2. The van der Waals surface area contributed by atoms with E-state index in [9.17, 15) is 9.59 Å². The maximum Gasteiger partial charge on any atom is 0.323 e. The Morgan fingerprint density at radius 1 is 1.44 bits per heavy atom. The number of aryl methyl sites for hydroxylation is 1. The number of amides is 1. The summed E-state index contributed by atoms with van der Waals surface area (Å²) in [5, 5.41) is 9.25. The number of halogens is 1. The summed E-state index contributed by atoms with van der Waals surface area (Å²) in [7, 11) is 0. The molecule has 0 saturated carbocycles. The van der Waals surface area contributed by atoms with E-state index in [1.165, 1.54) is 4.90 Å². The van der Waals surface area contributed by atoms with E-state index >= 15 is 0 Å². The molecule has 0 atom stereocenters. The molecule has 0 aliphatic heterocycles. The third-order valence-electron chi connectivity index (χ3n) is 2.54. The first-order valence-corrected chi connectivity index (χ1v) is 6.24. The fourth-order valence-corrected chi connectivity index (χ4v) is 1.95. The van der Waals surface area contributed by atoms with Crippen molar-refractivity contribution in [2.45, 2.75) is 26.8 Å². The van der Waals surface area contributed by atoms with Crippen molar-refractivity contribution in [3.05, 3.63) is 23.0 Å². The molecule has 0 aliphatic carbocycles. The average molecular weight is 273 g/mol. The molecule has 0 saturated heterocycles. The lowest BCUT2D eigenvalue weighted by Gasteiger charge is -2.19. The van der Waals surface area contributed by atoms with Gasteiger partial charge in [0.15, 0.2) is 0 Å². The SMILES string of the molecule is CCCn1cc(Cl)cc1C(=O)N(CC)CC(=O)O. The molecule has 18 heavy (non-hydrogen) atoms. The van der Waals surface area contributed by atoms with E-state index in [0.29, 0.717) is 23.8 Å². The predicted octanol–water partition coefficient (Wildman–Crippen LogP) is 2.10. The van der Waals surface area contributed by atoms with Crippen molar-refractivity contribution in [1.82, 2.24) is 9.47 Å². The predicted molar refractivity (Wildman–Crippen MR) is 68.9 cm³/mol. The lowest BCUT2D eigenvalue weighted by Crippen LogP contribution is -2.36. The monoisotopic (exact) mass is 272 g/mol. The van der Waals surface area contributed by atoms with Crippen LogP contribution < -0.4 is 0 Å². The van der Waals surface area contributed by atoms with E-state index in [2.05, 4.69) is 0 Å². The highest BCUT2D eigenvalue weighted by Gasteiger charge is 2.20. The molecule has 1 aromatic rings. The molecule has 1 heterocycles. The molecule has 1 aromatic heterocycles. The Kier molecular flexibility index (Phi) is 5.22. The number of carbonyl (C=O) groups is 2. The van der Waals surface area contributed by atoms with Crippen molar-refractivity contribution >= 4 is 23.5 Å². The molecule has 0 aromatic carbocycles. The molecule has 1 amide bonds. The Hall–Kier alpha value is -1.49.